The number of anilines is 1. The van der Waals surface area contributed by atoms with Gasteiger partial charge in [0.25, 0.3) is 0 Å². The SMILES string of the molecule is Cc1cccc(C)c1N1C(=O)CCS/C1=N\N=C\c1ccc(C(N)=NC=Nc2ccc(OCF)cc2)cc1. The summed E-state index contributed by atoms with van der Waals surface area (Å²) in [6.45, 7) is 3.09. The summed E-state index contributed by atoms with van der Waals surface area (Å²) in [6, 6.07) is 19.9. The molecule has 0 spiro atoms. The largest absolute Gasteiger partial charge is 0.463 e. The summed E-state index contributed by atoms with van der Waals surface area (Å²) in [7, 11) is 0. The maximum atomic E-state index is 12.8. The highest BCUT2D eigenvalue weighted by Gasteiger charge is 2.29. The van der Waals surface area contributed by atoms with Crippen molar-refractivity contribution in [2.24, 2.45) is 25.9 Å². The fourth-order valence-corrected chi connectivity index (χ4v) is 4.66. The number of thioether (sulfide) groups is 1. The number of hydrogen-bond donors (Lipinski definition) is 1. The van der Waals surface area contributed by atoms with Crippen LogP contribution in [-0.4, -0.2) is 42.1 Å². The van der Waals surface area contributed by atoms with Gasteiger partial charge in [-0.25, -0.2) is 14.4 Å². The van der Waals surface area contributed by atoms with Gasteiger partial charge >= 0.3 is 0 Å². The second-order valence-electron chi connectivity index (χ2n) is 8.32. The third-order valence-corrected chi connectivity index (χ3v) is 6.60. The summed E-state index contributed by atoms with van der Waals surface area (Å²) in [5, 5.41) is 9.18. The van der Waals surface area contributed by atoms with Gasteiger partial charge in [-0.2, -0.15) is 5.10 Å². The normalized spacial score (nSPS) is 15.7. The van der Waals surface area contributed by atoms with Crippen LogP contribution in [0.25, 0.3) is 0 Å². The monoisotopic (exact) mass is 530 g/mol. The lowest BCUT2D eigenvalue weighted by atomic mass is 10.1. The first kappa shape index (κ1) is 26.7. The van der Waals surface area contributed by atoms with Gasteiger partial charge in [-0.3, -0.25) is 9.69 Å². The van der Waals surface area contributed by atoms with E-state index in [1.54, 1.807) is 35.4 Å². The zero-order valence-corrected chi connectivity index (χ0v) is 21.9. The first-order valence-corrected chi connectivity index (χ1v) is 12.8. The Morgan fingerprint density at radius 2 is 1.79 bits per heavy atom. The minimum Gasteiger partial charge on any atom is -0.463 e. The number of hydrogen-bond acceptors (Lipinski definition) is 6. The van der Waals surface area contributed by atoms with Crippen LogP contribution in [-0.2, 0) is 4.79 Å². The van der Waals surface area contributed by atoms with E-state index in [9.17, 15) is 9.18 Å². The molecule has 1 amide bonds. The smallest absolute Gasteiger partial charge is 0.234 e. The Morgan fingerprint density at radius 1 is 1.08 bits per heavy atom. The second-order valence-corrected chi connectivity index (χ2v) is 9.39. The second kappa shape index (κ2) is 12.8. The number of benzene rings is 3. The van der Waals surface area contributed by atoms with Gasteiger partial charge in [0.2, 0.25) is 12.8 Å². The highest BCUT2D eigenvalue weighted by molar-refractivity contribution is 8.14. The zero-order valence-electron chi connectivity index (χ0n) is 21.0. The molecule has 1 saturated heterocycles. The predicted molar refractivity (Wildman–Crippen MR) is 154 cm³/mol. The zero-order chi connectivity index (χ0) is 26.9. The van der Waals surface area contributed by atoms with Crippen LogP contribution in [0.5, 0.6) is 5.75 Å². The number of carbonyl (C=O) groups is 1. The fourth-order valence-electron chi connectivity index (χ4n) is 3.77. The van der Waals surface area contributed by atoms with Crippen molar-refractivity contribution in [2.75, 3.05) is 17.5 Å². The van der Waals surface area contributed by atoms with Crippen molar-refractivity contribution in [1.82, 2.24) is 0 Å². The molecule has 1 aliphatic heterocycles. The van der Waals surface area contributed by atoms with Crippen LogP contribution in [0.1, 0.15) is 28.7 Å². The van der Waals surface area contributed by atoms with E-state index in [1.807, 2.05) is 56.3 Å². The van der Waals surface area contributed by atoms with Gasteiger partial charge < -0.3 is 10.5 Å². The van der Waals surface area contributed by atoms with Crippen LogP contribution in [0.4, 0.5) is 15.8 Å². The number of aliphatic imine (C=N–C) groups is 2. The van der Waals surface area contributed by atoms with Crippen LogP contribution in [0, 0.1) is 13.8 Å². The van der Waals surface area contributed by atoms with E-state index in [4.69, 9.17) is 10.5 Å². The molecular weight excluding hydrogens is 503 g/mol. The molecule has 8 nitrogen and oxygen atoms in total. The summed E-state index contributed by atoms with van der Waals surface area (Å²) in [5.74, 6) is 1.41. The van der Waals surface area contributed by atoms with Crippen LogP contribution < -0.4 is 15.4 Å². The average Bonchev–Trinajstić information content (AvgIpc) is 2.91. The first-order valence-electron chi connectivity index (χ1n) is 11.8. The average molecular weight is 531 g/mol. The summed E-state index contributed by atoms with van der Waals surface area (Å²) in [4.78, 5) is 22.8. The molecule has 0 atom stereocenters. The van der Waals surface area contributed by atoms with Gasteiger partial charge in [-0.05, 0) is 54.8 Å². The number of ether oxygens (including phenoxy) is 1. The maximum absolute atomic E-state index is 12.8. The van der Waals surface area contributed by atoms with Crippen LogP contribution in [0.2, 0.25) is 0 Å². The lowest BCUT2D eigenvalue weighted by Gasteiger charge is -2.29. The molecule has 0 aromatic heterocycles. The van der Waals surface area contributed by atoms with Crippen molar-refractivity contribution in [3.8, 4) is 5.75 Å². The molecule has 0 saturated carbocycles. The van der Waals surface area contributed by atoms with Crippen molar-refractivity contribution in [1.29, 1.82) is 0 Å². The van der Waals surface area contributed by atoms with Crippen molar-refractivity contribution in [2.45, 2.75) is 20.3 Å². The molecule has 1 heterocycles. The van der Waals surface area contributed by atoms with E-state index in [2.05, 4.69) is 20.2 Å². The predicted octanol–water partition coefficient (Wildman–Crippen LogP) is 5.53. The van der Waals surface area contributed by atoms with E-state index >= 15 is 0 Å². The highest BCUT2D eigenvalue weighted by Crippen LogP contribution is 2.31. The van der Waals surface area contributed by atoms with Crippen molar-refractivity contribution < 1.29 is 13.9 Å². The third-order valence-electron chi connectivity index (χ3n) is 5.67. The Hall–Kier alpha value is -4.31. The van der Waals surface area contributed by atoms with E-state index in [0.717, 1.165) is 27.9 Å². The highest BCUT2D eigenvalue weighted by atomic mass is 32.2. The molecule has 0 aliphatic carbocycles. The summed E-state index contributed by atoms with van der Waals surface area (Å²) < 4.78 is 17.0. The molecule has 4 rings (SSSR count). The Balaban J connectivity index is 1.43. The quantitative estimate of drug-likeness (QED) is 0.235. The third kappa shape index (κ3) is 6.71. The van der Waals surface area contributed by atoms with E-state index < -0.39 is 6.86 Å². The van der Waals surface area contributed by atoms with Gasteiger partial charge in [0.15, 0.2) is 5.17 Å². The number of para-hydroxylation sites is 1. The molecule has 0 radical (unpaired) electrons. The maximum Gasteiger partial charge on any atom is 0.234 e. The number of amides is 1. The van der Waals surface area contributed by atoms with E-state index in [1.165, 1.54) is 18.1 Å². The summed E-state index contributed by atoms with van der Waals surface area (Å²) >= 11 is 1.51. The summed E-state index contributed by atoms with van der Waals surface area (Å²) in [5.41, 5.74) is 11.1. The van der Waals surface area contributed by atoms with Gasteiger partial charge in [0.05, 0.1) is 17.6 Å². The van der Waals surface area contributed by atoms with Crippen LogP contribution >= 0.6 is 11.8 Å². The molecule has 10 heteroatoms. The molecule has 0 bridgehead atoms. The summed E-state index contributed by atoms with van der Waals surface area (Å²) in [6.07, 6.45) is 3.44. The number of nitrogens with zero attached hydrogens (tertiary/aromatic N) is 5. The van der Waals surface area contributed by atoms with Crippen molar-refractivity contribution in [3.05, 3.63) is 89.0 Å². The number of rotatable bonds is 8. The van der Waals surface area contributed by atoms with Crippen LogP contribution in [0.15, 0.2) is 86.9 Å². The number of nitrogens with two attached hydrogens (primary N) is 1. The van der Waals surface area contributed by atoms with E-state index in [-0.39, 0.29) is 5.91 Å². The lowest BCUT2D eigenvalue weighted by molar-refractivity contribution is -0.117. The fraction of sp³-hybridized carbons (Fsp3) is 0.179. The van der Waals surface area contributed by atoms with Gasteiger partial charge in [0, 0.05) is 17.7 Å². The van der Waals surface area contributed by atoms with Crippen molar-refractivity contribution in [3.63, 3.8) is 0 Å². The number of halogens is 1. The number of alkyl halides is 1. The van der Waals surface area contributed by atoms with Gasteiger partial charge in [-0.1, -0.05) is 54.2 Å². The van der Waals surface area contributed by atoms with Gasteiger partial charge in [-0.15, -0.1) is 5.10 Å². The molecule has 2 N–H and O–H groups in total. The minimum absolute atomic E-state index is 0.0144. The molecule has 3 aromatic rings. The Labute approximate surface area is 224 Å². The number of amidine groups is 2. The Morgan fingerprint density at radius 3 is 2.47 bits per heavy atom. The molecule has 0 unspecified atom stereocenters. The topological polar surface area (TPSA) is 105 Å². The number of aryl methyl sites for hydroxylation is 2. The molecular formula is C28H27FN6O2S. The first-order chi connectivity index (χ1) is 18.5. The van der Waals surface area contributed by atoms with E-state index in [0.29, 0.717) is 34.6 Å². The Kier molecular flexibility index (Phi) is 8.99. The Bertz CT molecular complexity index is 1380. The molecule has 194 valence electrons. The van der Waals surface area contributed by atoms with Gasteiger partial charge in [0.1, 0.15) is 17.9 Å². The van der Waals surface area contributed by atoms with Crippen LogP contribution in [0.3, 0.4) is 0 Å². The molecule has 3 aromatic carbocycles. The lowest BCUT2D eigenvalue weighted by Crippen LogP contribution is -2.40. The van der Waals surface area contributed by atoms with Crippen molar-refractivity contribution >= 4 is 52.6 Å². The molecule has 1 fully saturated rings. The molecule has 1 aliphatic rings. The molecule has 38 heavy (non-hydrogen) atoms. The minimum atomic E-state index is -0.880. The number of carbonyl (C=O) groups excluding carboxylic acids is 1. The standard InChI is InChI=1S/C28H27FN6O2S/c1-19-4-3-5-20(2)26(19)35-25(36)14-15-38-28(35)34-33-16-21-6-8-22(9-7-21)27(30)32-18-31-23-10-12-24(13-11-23)37-17-29/h3-13,16,18H,14-15,17H2,1-2H3,(H2,30,31,32)/b33-16+,34-28-.